The molecule has 3 heterocycles. The molecule has 5 rings (SSSR count). The van der Waals surface area contributed by atoms with E-state index in [-0.39, 0.29) is 11.3 Å². The van der Waals surface area contributed by atoms with Crippen molar-refractivity contribution >= 4 is 33.3 Å². The van der Waals surface area contributed by atoms with E-state index in [4.69, 9.17) is 9.97 Å². The summed E-state index contributed by atoms with van der Waals surface area (Å²) < 4.78 is 0. The van der Waals surface area contributed by atoms with Gasteiger partial charge in [0.15, 0.2) is 0 Å². The average molecular weight is 477 g/mol. The number of carbonyl (C=O) groups excluding carboxylic acids is 1. The molecule has 180 valence electrons. The fourth-order valence-corrected chi connectivity index (χ4v) is 6.45. The van der Waals surface area contributed by atoms with Crippen molar-refractivity contribution in [3.8, 4) is 0 Å². The van der Waals surface area contributed by atoms with E-state index in [0.29, 0.717) is 6.42 Å². The Kier molecular flexibility index (Phi) is 6.61. The SMILES string of the molecule is CC(C)(C)CC(=O)N1CCN(c2nc(Cc3ccccc3)nc3sc4c(c23)CCCCC4)CC1. The van der Waals surface area contributed by atoms with E-state index in [1.165, 1.54) is 47.1 Å². The molecule has 0 radical (unpaired) electrons. The highest BCUT2D eigenvalue weighted by Crippen LogP contribution is 2.39. The first-order valence-electron chi connectivity index (χ1n) is 12.8. The molecule has 34 heavy (non-hydrogen) atoms. The maximum Gasteiger partial charge on any atom is 0.223 e. The second-order valence-electron chi connectivity index (χ2n) is 11.0. The van der Waals surface area contributed by atoms with E-state index in [9.17, 15) is 4.79 Å². The number of amides is 1. The molecule has 0 bridgehead atoms. The molecular weight excluding hydrogens is 440 g/mol. The molecule has 0 unspecified atom stereocenters. The monoisotopic (exact) mass is 476 g/mol. The van der Waals surface area contributed by atoms with Crippen LogP contribution in [-0.4, -0.2) is 47.0 Å². The standard InChI is InChI=1S/C28H36N4OS/c1-28(2,3)19-24(33)31-14-16-32(17-15-31)26-25-21-12-8-5-9-13-22(21)34-27(25)30-23(29-26)18-20-10-6-4-7-11-20/h4,6-7,10-11H,5,8-9,12-19H2,1-3H3. The number of thiophene rings is 1. The topological polar surface area (TPSA) is 49.3 Å². The van der Waals surface area contributed by atoms with Crippen LogP contribution in [0.15, 0.2) is 30.3 Å². The molecule has 0 saturated carbocycles. The summed E-state index contributed by atoms with van der Waals surface area (Å²) in [7, 11) is 0. The molecule has 0 atom stereocenters. The Hall–Kier alpha value is -2.47. The normalized spacial score (nSPS) is 17.0. The smallest absolute Gasteiger partial charge is 0.223 e. The van der Waals surface area contributed by atoms with Gasteiger partial charge in [-0.2, -0.15) is 0 Å². The first kappa shape index (κ1) is 23.3. The van der Waals surface area contributed by atoms with Crippen molar-refractivity contribution in [1.82, 2.24) is 14.9 Å². The summed E-state index contributed by atoms with van der Waals surface area (Å²) in [4.78, 5) is 30.2. The van der Waals surface area contributed by atoms with Gasteiger partial charge in [0.25, 0.3) is 0 Å². The van der Waals surface area contributed by atoms with Crippen LogP contribution >= 0.6 is 11.3 Å². The zero-order valence-corrected chi connectivity index (χ0v) is 21.6. The molecule has 5 nitrogen and oxygen atoms in total. The van der Waals surface area contributed by atoms with Gasteiger partial charge in [-0.1, -0.05) is 57.5 Å². The maximum atomic E-state index is 12.8. The van der Waals surface area contributed by atoms with Crippen LogP contribution in [0.2, 0.25) is 0 Å². The number of fused-ring (bicyclic) bond motifs is 3. The van der Waals surface area contributed by atoms with Crippen molar-refractivity contribution in [1.29, 1.82) is 0 Å². The van der Waals surface area contributed by atoms with Crippen LogP contribution in [0, 0.1) is 5.41 Å². The zero-order chi connectivity index (χ0) is 23.7. The lowest BCUT2D eigenvalue weighted by Gasteiger charge is -2.37. The number of piperazine rings is 1. The van der Waals surface area contributed by atoms with Gasteiger partial charge in [0.1, 0.15) is 16.5 Å². The van der Waals surface area contributed by atoms with Crippen LogP contribution in [0.25, 0.3) is 10.2 Å². The van der Waals surface area contributed by atoms with Crippen molar-refractivity contribution in [2.45, 2.75) is 65.7 Å². The second-order valence-corrected chi connectivity index (χ2v) is 12.1. The molecule has 1 aliphatic heterocycles. The number of hydrogen-bond acceptors (Lipinski definition) is 5. The number of hydrogen-bond donors (Lipinski definition) is 0. The van der Waals surface area contributed by atoms with Crippen molar-refractivity contribution < 1.29 is 4.79 Å². The summed E-state index contributed by atoms with van der Waals surface area (Å²) in [5.74, 6) is 2.27. The van der Waals surface area contributed by atoms with E-state index < -0.39 is 0 Å². The highest BCUT2D eigenvalue weighted by molar-refractivity contribution is 7.19. The van der Waals surface area contributed by atoms with E-state index in [0.717, 1.165) is 55.5 Å². The van der Waals surface area contributed by atoms with Gasteiger partial charge in [-0.15, -0.1) is 11.3 Å². The van der Waals surface area contributed by atoms with Crippen LogP contribution in [0.3, 0.4) is 0 Å². The van der Waals surface area contributed by atoms with Gasteiger partial charge in [-0.05, 0) is 42.2 Å². The number of rotatable bonds is 4. The summed E-state index contributed by atoms with van der Waals surface area (Å²) in [5, 5.41) is 1.29. The molecule has 1 aliphatic carbocycles. The number of aryl methyl sites for hydroxylation is 2. The summed E-state index contributed by atoms with van der Waals surface area (Å²) in [6.45, 7) is 9.59. The maximum absolute atomic E-state index is 12.8. The fraction of sp³-hybridized carbons (Fsp3) is 0.536. The third-order valence-electron chi connectivity index (χ3n) is 6.91. The average Bonchev–Trinajstić information content (AvgIpc) is 2.99. The van der Waals surface area contributed by atoms with E-state index >= 15 is 0 Å². The number of anilines is 1. The van der Waals surface area contributed by atoms with Crippen molar-refractivity contribution in [2.75, 3.05) is 31.1 Å². The quantitative estimate of drug-likeness (QED) is 0.458. The highest BCUT2D eigenvalue weighted by Gasteiger charge is 2.28. The summed E-state index contributed by atoms with van der Waals surface area (Å²) >= 11 is 1.89. The van der Waals surface area contributed by atoms with Gasteiger partial charge >= 0.3 is 0 Å². The Bertz CT molecular complexity index is 1160. The minimum absolute atomic E-state index is 0.0215. The van der Waals surface area contributed by atoms with Gasteiger partial charge < -0.3 is 9.80 Å². The third kappa shape index (κ3) is 5.12. The van der Waals surface area contributed by atoms with Gasteiger partial charge in [-0.25, -0.2) is 9.97 Å². The Balaban J connectivity index is 1.46. The van der Waals surface area contributed by atoms with Crippen LogP contribution in [0.1, 0.15) is 68.3 Å². The predicted octanol–water partition coefficient (Wildman–Crippen LogP) is 5.64. The summed E-state index contributed by atoms with van der Waals surface area (Å²) in [5.41, 5.74) is 2.75. The van der Waals surface area contributed by atoms with E-state index in [2.05, 4.69) is 56.0 Å². The zero-order valence-electron chi connectivity index (χ0n) is 20.8. The van der Waals surface area contributed by atoms with Crippen LogP contribution < -0.4 is 4.90 Å². The lowest BCUT2D eigenvalue weighted by Crippen LogP contribution is -2.49. The minimum atomic E-state index is 0.0215. The second kappa shape index (κ2) is 9.65. The molecule has 1 saturated heterocycles. The molecule has 1 amide bonds. The number of carbonyl (C=O) groups is 1. The molecule has 3 aromatic rings. The fourth-order valence-electron chi connectivity index (χ4n) is 5.18. The van der Waals surface area contributed by atoms with Gasteiger partial charge in [0, 0.05) is 43.9 Å². The van der Waals surface area contributed by atoms with Gasteiger partial charge in [0.2, 0.25) is 5.91 Å². The van der Waals surface area contributed by atoms with E-state index in [1.807, 2.05) is 16.2 Å². The molecule has 1 fully saturated rings. The Morgan fingerprint density at radius 3 is 2.44 bits per heavy atom. The summed E-state index contributed by atoms with van der Waals surface area (Å²) in [6.07, 6.45) is 7.47. The van der Waals surface area contributed by atoms with Crippen LogP contribution in [0.4, 0.5) is 5.82 Å². The molecule has 0 N–H and O–H groups in total. The van der Waals surface area contributed by atoms with Gasteiger partial charge in [0.05, 0.1) is 5.39 Å². The lowest BCUT2D eigenvalue weighted by atomic mass is 9.91. The molecule has 1 aromatic carbocycles. The van der Waals surface area contributed by atoms with Crippen molar-refractivity contribution in [3.05, 3.63) is 52.2 Å². The van der Waals surface area contributed by atoms with Gasteiger partial charge in [-0.3, -0.25) is 4.79 Å². The van der Waals surface area contributed by atoms with Crippen LogP contribution in [-0.2, 0) is 24.1 Å². The number of benzene rings is 1. The minimum Gasteiger partial charge on any atom is -0.352 e. The lowest BCUT2D eigenvalue weighted by molar-refractivity contribution is -0.133. The Labute approximate surface area is 207 Å². The molecule has 2 aliphatic rings. The van der Waals surface area contributed by atoms with Crippen LogP contribution in [0.5, 0.6) is 0 Å². The van der Waals surface area contributed by atoms with Crippen molar-refractivity contribution in [2.24, 2.45) is 5.41 Å². The Morgan fingerprint density at radius 2 is 1.71 bits per heavy atom. The largest absolute Gasteiger partial charge is 0.352 e. The molecule has 0 spiro atoms. The first-order valence-corrected chi connectivity index (χ1v) is 13.6. The Morgan fingerprint density at radius 1 is 0.971 bits per heavy atom. The van der Waals surface area contributed by atoms with E-state index in [1.54, 1.807) is 0 Å². The number of nitrogens with zero attached hydrogens (tertiary/aromatic N) is 4. The molecular formula is C28H36N4OS. The predicted molar refractivity (Wildman–Crippen MR) is 141 cm³/mol. The van der Waals surface area contributed by atoms with Crippen molar-refractivity contribution in [3.63, 3.8) is 0 Å². The third-order valence-corrected chi connectivity index (χ3v) is 8.10. The highest BCUT2D eigenvalue weighted by atomic mass is 32.1. The molecule has 2 aromatic heterocycles. The summed E-state index contributed by atoms with van der Waals surface area (Å²) in [6, 6.07) is 10.5. The number of aromatic nitrogens is 2. The molecule has 6 heteroatoms. The first-order chi connectivity index (χ1) is 16.4.